The molecule has 0 radical (unpaired) electrons. The van der Waals surface area contributed by atoms with Gasteiger partial charge in [0.25, 0.3) is 0 Å². The van der Waals surface area contributed by atoms with Gasteiger partial charge in [-0.3, -0.25) is 4.79 Å². The maximum atomic E-state index is 12.7. The Kier molecular flexibility index (Phi) is 6.97. The molecule has 2 atom stereocenters. The van der Waals surface area contributed by atoms with Crippen LogP contribution in [0.3, 0.4) is 0 Å². The van der Waals surface area contributed by atoms with Crippen LogP contribution in [0.1, 0.15) is 36.3 Å². The van der Waals surface area contributed by atoms with Crippen LogP contribution in [-0.4, -0.2) is 42.6 Å². The first-order valence-electron chi connectivity index (χ1n) is 9.89. The molecule has 0 bridgehead atoms. The zero-order valence-electron chi connectivity index (χ0n) is 16.6. The monoisotopic (exact) mass is 400 g/mol. The molecule has 3 rings (SSSR count). The van der Waals surface area contributed by atoms with Crippen molar-refractivity contribution in [1.29, 1.82) is 0 Å². The molecular weight excluding hydrogens is 372 g/mol. The third-order valence-corrected chi connectivity index (χ3v) is 5.93. The third-order valence-electron chi connectivity index (χ3n) is 5.58. The zero-order chi connectivity index (χ0) is 20.1. The number of amides is 1. The number of phenols is 1. The van der Waals surface area contributed by atoms with E-state index in [0.29, 0.717) is 36.2 Å². The fraction of sp³-hybridized carbons (Fsp3) is 0.435. The van der Waals surface area contributed by atoms with Crippen LogP contribution in [0.5, 0.6) is 5.75 Å². The van der Waals surface area contributed by atoms with Gasteiger partial charge in [-0.25, -0.2) is 0 Å². The molecule has 5 heteroatoms. The fourth-order valence-corrected chi connectivity index (χ4v) is 3.90. The SMILES string of the molecule is CN(C)[C@H](CNC(=O)C[C@H](c1ccccc1)C1CC1)Cc1ccc(O)cc1Cl. The van der Waals surface area contributed by atoms with Gasteiger partial charge in [-0.1, -0.05) is 48.0 Å². The second kappa shape index (κ2) is 9.44. The Hall–Kier alpha value is -2.04. The van der Waals surface area contributed by atoms with Crippen LogP contribution in [0.2, 0.25) is 5.02 Å². The number of halogens is 1. The summed E-state index contributed by atoms with van der Waals surface area (Å²) in [6, 6.07) is 15.5. The molecule has 2 aromatic carbocycles. The minimum Gasteiger partial charge on any atom is -0.508 e. The summed E-state index contributed by atoms with van der Waals surface area (Å²) in [6.45, 7) is 0.565. The lowest BCUT2D eigenvalue weighted by Crippen LogP contribution is -2.42. The molecule has 1 amide bonds. The van der Waals surface area contributed by atoms with E-state index in [0.717, 1.165) is 5.56 Å². The van der Waals surface area contributed by atoms with Gasteiger partial charge in [0.1, 0.15) is 5.75 Å². The number of aromatic hydroxyl groups is 1. The van der Waals surface area contributed by atoms with Gasteiger partial charge in [0.15, 0.2) is 0 Å². The smallest absolute Gasteiger partial charge is 0.220 e. The summed E-state index contributed by atoms with van der Waals surface area (Å²) in [6.07, 6.45) is 3.67. The summed E-state index contributed by atoms with van der Waals surface area (Å²) in [4.78, 5) is 14.8. The molecule has 0 heterocycles. The molecule has 1 fully saturated rings. The number of phenolic OH excluding ortho intramolecular Hbond substituents is 1. The van der Waals surface area contributed by atoms with Gasteiger partial charge >= 0.3 is 0 Å². The number of benzene rings is 2. The number of nitrogens with one attached hydrogen (secondary N) is 1. The number of rotatable bonds is 9. The van der Waals surface area contributed by atoms with Crippen molar-refractivity contribution in [2.45, 2.75) is 37.6 Å². The Labute approximate surface area is 172 Å². The molecule has 0 aliphatic heterocycles. The Morgan fingerprint density at radius 1 is 1.21 bits per heavy atom. The van der Waals surface area contributed by atoms with Crippen molar-refractivity contribution in [2.75, 3.05) is 20.6 Å². The van der Waals surface area contributed by atoms with Crippen molar-refractivity contribution in [1.82, 2.24) is 10.2 Å². The van der Waals surface area contributed by atoms with Gasteiger partial charge in [0, 0.05) is 24.0 Å². The van der Waals surface area contributed by atoms with Gasteiger partial charge in [0.05, 0.1) is 0 Å². The Balaban J connectivity index is 1.57. The summed E-state index contributed by atoms with van der Waals surface area (Å²) >= 11 is 6.25. The van der Waals surface area contributed by atoms with Crippen molar-refractivity contribution < 1.29 is 9.90 Å². The van der Waals surface area contributed by atoms with E-state index in [2.05, 4.69) is 22.3 Å². The average Bonchev–Trinajstić information content (AvgIpc) is 3.50. The molecule has 2 aromatic rings. The number of likely N-dealkylation sites (N-methyl/N-ethyl adjacent to an activating group) is 1. The molecule has 4 nitrogen and oxygen atoms in total. The predicted molar refractivity (Wildman–Crippen MR) is 114 cm³/mol. The minimum atomic E-state index is 0.101. The number of hydrogen-bond acceptors (Lipinski definition) is 3. The second-order valence-corrected chi connectivity index (χ2v) is 8.37. The van der Waals surface area contributed by atoms with Gasteiger partial charge in [-0.2, -0.15) is 0 Å². The highest BCUT2D eigenvalue weighted by Crippen LogP contribution is 2.44. The summed E-state index contributed by atoms with van der Waals surface area (Å²) in [5, 5.41) is 13.2. The first-order chi connectivity index (χ1) is 13.4. The standard InChI is InChI=1S/C23H29ClN2O2/c1-26(2)19(12-18-10-11-20(27)13-22(18)24)15-25-23(28)14-21(17-8-9-17)16-6-4-3-5-7-16/h3-7,10-11,13,17,19,21,27H,8-9,12,14-15H2,1-2H3,(H,25,28)/t19-,21+/m0/s1. The molecule has 1 aliphatic rings. The van der Waals surface area contributed by atoms with Gasteiger partial charge in [0.2, 0.25) is 5.91 Å². The lowest BCUT2D eigenvalue weighted by atomic mass is 9.90. The largest absolute Gasteiger partial charge is 0.508 e. The van der Waals surface area contributed by atoms with E-state index in [1.165, 1.54) is 18.4 Å². The summed E-state index contributed by atoms with van der Waals surface area (Å²) in [7, 11) is 4.00. The van der Waals surface area contributed by atoms with Crippen molar-refractivity contribution in [3.05, 3.63) is 64.7 Å². The topological polar surface area (TPSA) is 52.6 Å². The Morgan fingerprint density at radius 2 is 1.93 bits per heavy atom. The van der Waals surface area contributed by atoms with Crippen molar-refractivity contribution in [2.24, 2.45) is 5.92 Å². The Morgan fingerprint density at radius 3 is 2.54 bits per heavy atom. The zero-order valence-corrected chi connectivity index (χ0v) is 17.3. The predicted octanol–water partition coefficient (Wildman–Crippen LogP) is 4.22. The first-order valence-corrected chi connectivity index (χ1v) is 10.3. The summed E-state index contributed by atoms with van der Waals surface area (Å²) in [5.74, 6) is 1.21. The van der Waals surface area contributed by atoms with Crippen LogP contribution in [0, 0.1) is 5.92 Å². The fourth-order valence-electron chi connectivity index (χ4n) is 3.65. The van der Waals surface area contributed by atoms with E-state index in [1.54, 1.807) is 12.1 Å². The number of carbonyl (C=O) groups is 1. The highest BCUT2D eigenvalue weighted by atomic mass is 35.5. The molecule has 2 N–H and O–H groups in total. The van der Waals surface area contributed by atoms with E-state index in [-0.39, 0.29) is 17.7 Å². The molecular formula is C23H29ClN2O2. The highest BCUT2D eigenvalue weighted by molar-refractivity contribution is 6.31. The molecule has 28 heavy (non-hydrogen) atoms. The van der Waals surface area contributed by atoms with Gasteiger partial charge in [-0.15, -0.1) is 0 Å². The minimum absolute atomic E-state index is 0.101. The van der Waals surface area contributed by atoms with Crippen LogP contribution in [0.15, 0.2) is 48.5 Å². The normalized spacial score (nSPS) is 16.0. The van der Waals surface area contributed by atoms with Crippen LogP contribution in [0.25, 0.3) is 0 Å². The van der Waals surface area contributed by atoms with E-state index >= 15 is 0 Å². The van der Waals surface area contributed by atoms with Crippen LogP contribution < -0.4 is 5.32 Å². The second-order valence-electron chi connectivity index (χ2n) is 7.96. The summed E-state index contributed by atoms with van der Waals surface area (Å²) in [5.41, 5.74) is 2.23. The summed E-state index contributed by atoms with van der Waals surface area (Å²) < 4.78 is 0. The van der Waals surface area contributed by atoms with Crippen LogP contribution in [0.4, 0.5) is 0 Å². The van der Waals surface area contributed by atoms with Crippen molar-refractivity contribution in [3.63, 3.8) is 0 Å². The third kappa shape index (κ3) is 5.73. The van der Waals surface area contributed by atoms with E-state index in [9.17, 15) is 9.90 Å². The lowest BCUT2D eigenvalue weighted by molar-refractivity contribution is -0.121. The van der Waals surface area contributed by atoms with Gasteiger partial charge in [-0.05, 0) is 68.5 Å². The van der Waals surface area contributed by atoms with Crippen LogP contribution in [-0.2, 0) is 11.2 Å². The molecule has 0 unspecified atom stereocenters. The molecule has 1 aliphatic carbocycles. The van der Waals surface area contributed by atoms with Gasteiger partial charge < -0.3 is 15.3 Å². The number of carbonyl (C=O) groups excluding carboxylic acids is 1. The number of hydrogen-bond donors (Lipinski definition) is 2. The highest BCUT2D eigenvalue weighted by Gasteiger charge is 2.33. The molecule has 0 aromatic heterocycles. The van der Waals surface area contributed by atoms with Crippen LogP contribution >= 0.6 is 11.6 Å². The van der Waals surface area contributed by atoms with E-state index in [1.807, 2.05) is 38.4 Å². The lowest BCUT2D eigenvalue weighted by Gasteiger charge is -2.26. The molecule has 0 saturated heterocycles. The first kappa shape index (κ1) is 20.7. The average molecular weight is 401 g/mol. The molecule has 150 valence electrons. The van der Waals surface area contributed by atoms with E-state index in [4.69, 9.17) is 11.6 Å². The van der Waals surface area contributed by atoms with Crippen molar-refractivity contribution in [3.8, 4) is 5.75 Å². The maximum absolute atomic E-state index is 12.7. The molecule has 0 spiro atoms. The quantitative estimate of drug-likeness (QED) is 0.662. The maximum Gasteiger partial charge on any atom is 0.220 e. The molecule has 1 saturated carbocycles. The van der Waals surface area contributed by atoms with Crippen molar-refractivity contribution >= 4 is 17.5 Å². The Bertz CT molecular complexity index is 790. The number of nitrogens with zero attached hydrogens (tertiary/aromatic N) is 1. The van der Waals surface area contributed by atoms with E-state index < -0.39 is 0 Å².